The Bertz CT molecular complexity index is 999. The van der Waals surface area contributed by atoms with Gasteiger partial charge in [-0.3, -0.25) is 4.79 Å². The maximum atomic E-state index is 13.1. The monoisotopic (exact) mass is 372 g/mol. The molecule has 4 rings (SSSR count). The van der Waals surface area contributed by atoms with Gasteiger partial charge in [0.05, 0.1) is 12.4 Å². The minimum atomic E-state index is -0.102. The zero-order valence-electron chi connectivity index (χ0n) is 16.5. The first-order valence-electron chi connectivity index (χ1n) is 9.66. The van der Waals surface area contributed by atoms with Gasteiger partial charge in [0.1, 0.15) is 5.69 Å². The van der Waals surface area contributed by atoms with E-state index in [4.69, 9.17) is 0 Å². The second-order valence-corrected chi connectivity index (χ2v) is 7.20. The molecule has 0 saturated carbocycles. The highest BCUT2D eigenvalue weighted by Crippen LogP contribution is 2.33. The van der Waals surface area contributed by atoms with Crippen molar-refractivity contribution in [2.24, 2.45) is 0 Å². The Kier molecular flexibility index (Phi) is 4.82. The molecule has 28 heavy (non-hydrogen) atoms. The molecule has 1 atom stereocenters. The molecule has 1 aliphatic rings. The lowest BCUT2D eigenvalue weighted by molar-refractivity contribution is 0.0976. The Labute approximate surface area is 165 Å². The number of nitrogens with zero attached hydrogens (tertiary/aromatic N) is 4. The van der Waals surface area contributed by atoms with Gasteiger partial charge in [-0.2, -0.15) is 0 Å². The van der Waals surface area contributed by atoms with Crippen molar-refractivity contribution in [2.45, 2.75) is 33.2 Å². The molecule has 5 heteroatoms. The van der Waals surface area contributed by atoms with Crippen LogP contribution < -0.4 is 9.80 Å². The van der Waals surface area contributed by atoms with Crippen LogP contribution >= 0.6 is 0 Å². The van der Waals surface area contributed by atoms with E-state index < -0.39 is 0 Å². The predicted octanol–water partition coefficient (Wildman–Crippen LogP) is 4.53. The zero-order valence-corrected chi connectivity index (χ0v) is 16.5. The summed E-state index contributed by atoms with van der Waals surface area (Å²) < 4.78 is 0. The van der Waals surface area contributed by atoms with Crippen LogP contribution in [-0.2, 0) is 6.42 Å². The van der Waals surface area contributed by atoms with Crippen molar-refractivity contribution in [3.63, 3.8) is 0 Å². The molecule has 2 aromatic carbocycles. The highest BCUT2D eigenvalue weighted by atomic mass is 16.2. The summed E-state index contributed by atoms with van der Waals surface area (Å²) in [5.41, 5.74) is 4.80. The van der Waals surface area contributed by atoms with Gasteiger partial charge in [0.15, 0.2) is 5.82 Å². The highest BCUT2D eigenvalue weighted by Gasteiger charge is 2.32. The summed E-state index contributed by atoms with van der Waals surface area (Å²) in [4.78, 5) is 26.0. The molecule has 1 amide bonds. The van der Waals surface area contributed by atoms with Crippen LogP contribution in [0, 0.1) is 6.92 Å². The van der Waals surface area contributed by atoms with Crippen molar-refractivity contribution >= 4 is 23.1 Å². The Morgan fingerprint density at radius 3 is 2.68 bits per heavy atom. The predicted molar refractivity (Wildman–Crippen MR) is 112 cm³/mol. The van der Waals surface area contributed by atoms with Crippen molar-refractivity contribution in [3.05, 3.63) is 77.7 Å². The molecule has 5 nitrogen and oxygen atoms in total. The lowest BCUT2D eigenvalue weighted by Crippen LogP contribution is -2.36. The van der Waals surface area contributed by atoms with Gasteiger partial charge >= 0.3 is 0 Å². The van der Waals surface area contributed by atoms with Crippen LogP contribution in [0.15, 0.2) is 60.9 Å². The first-order valence-corrected chi connectivity index (χ1v) is 9.66. The van der Waals surface area contributed by atoms with E-state index in [1.54, 1.807) is 12.4 Å². The third-order valence-electron chi connectivity index (χ3n) is 5.19. The molecule has 2 heterocycles. The van der Waals surface area contributed by atoms with E-state index in [-0.39, 0.29) is 11.9 Å². The fraction of sp³-hybridized carbons (Fsp3) is 0.261. The molecular formula is C23H24N4O. The average molecular weight is 372 g/mol. The number of para-hydroxylation sites is 1. The van der Waals surface area contributed by atoms with Gasteiger partial charge in [0.25, 0.3) is 5.91 Å². The molecule has 142 valence electrons. The normalized spacial score (nSPS) is 15.4. The molecule has 0 fully saturated rings. The number of hydrogen-bond acceptors (Lipinski definition) is 4. The van der Waals surface area contributed by atoms with Gasteiger partial charge < -0.3 is 9.80 Å². The maximum Gasteiger partial charge on any atom is 0.278 e. The quantitative estimate of drug-likeness (QED) is 0.675. The summed E-state index contributed by atoms with van der Waals surface area (Å²) in [7, 11) is 0. The second-order valence-electron chi connectivity index (χ2n) is 7.20. The minimum absolute atomic E-state index is 0.102. The summed E-state index contributed by atoms with van der Waals surface area (Å²) >= 11 is 0. The van der Waals surface area contributed by atoms with Crippen LogP contribution in [0.1, 0.15) is 35.5 Å². The fourth-order valence-electron chi connectivity index (χ4n) is 3.84. The van der Waals surface area contributed by atoms with E-state index in [1.165, 1.54) is 11.1 Å². The van der Waals surface area contributed by atoms with Gasteiger partial charge in [-0.1, -0.05) is 30.3 Å². The zero-order chi connectivity index (χ0) is 19.7. The highest BCUT2D eigenvalue weighted by molar-refractivity contribution is 6.06. The number of amides is 1. The number of fused-ring (bicyclic) bond motifs is 1. The molecule has 1 aliphatic heterocycles. The second kappa shape index (κ2) is 7.43. The first-order chi connectivity index (χ1) is 13.6. The Morgan fingerprint density at radius 1 is 1.14 bits per heavy atom. The molecule has 1 unspecified atom stereocenters. The molecule has 3 aromatic rings. The lowest BCUT2D eigenvalue weighted by atomic mass is 10.1. The molecule has 0 N–H and O–H groups in total. The number of aryl methyl sites for hydroxylation is 1. The van der Waals surface area contributed by atoms with E-state index in [1.807, 2.05) is 29.2 Å². The van der Waals surface area contributed by atoms with Crippen LogP contribution in [0.25, 0.3) is 0 Å². The van der Waals surface area contributed by atoms with Crippen molar-refractivity contribution in [1.29, 1.82) is 0 Å². The lowest BCUT2D eigenvalue weighted by Gasteiger charge is -2.24. The van der Waals surface area contributed by atoms with E-state index in [0.29, 0.717) is 5.69 Å². The third kappa shape index (κ3) is 3.24. The number of benzene rings is 2. The van der Waals surface area contributed by atoms with Crippen molar-refractivity contribution in [3.8, 4) is 0 Å². The summed E-state index contributed by atoms with van der Waals surface area (Å²) in [5.74, 6) is 0.634. The maximum absolute atomic E-state index is 13.1. The van der Waals surface area contributed by atoms with Crippen LogP contribution in [0.2, 0.25) is 0 Å². The van der Waals surface area contributed by atoms with E-state index in [2.05, 4.69) is 59.9 Å². The van der Waals surface area contributed by atoms with Gasteiger partial charge in [-0.05, 0) is 56.5 Å². The molecule has 0 radical (unpaired) electrons. The van der Waals surface area contributed by atoms with Crippen molar-refractivity contribution in [1.82, 2.24) is 9.97 Å². The summed E-state index contributed by atoms with van der Waals surface area (Å²) in [6.07, 6.45) is 4.14. The Balaban J connectivity index is 1.60. The molecule has 1 aromatic heterocycles. The van der Waals surface area contributed by atoms with Crippen LogP contribution in [-0.4, -0.2) is 28.5 Å². The molecule has 0 spiro atoms. The Morgan fingerprint density at radius 2 is 1.96 bits per heavy atom. The number of hydrogen-bond donors (Lipinski definition) is 0. The number of carbonyl (C=O) groups excluding carboxylic acids is 1. The minimum Gasteiger partial charge on any atom is -0.325 e. The number of carbonyl (C=O) groups is 1. The van der Waals surface area contributed by atoms with E-state index in [0.717, 1.165) is 30.2 Å². The van der Waals surface area contributed by atoms with Gasteiger partial charge in [-0.25, -0.2) is 9.97 Å². The Hall–Kier alpha value is -3.21. The molecule has 0 aliphatic carbocycles. The number of aromatic nitrogens is 2. The largest absolute Gasteiger partial charge is 0.325 e. The van der Waals surface area contributed by atoms with Crippen molar-refractivity contribution in [2.75, 3.05) is 16.3 Å². The van der Waals surface area contributed by atoms with Gasteiger partial charge in [-0.15, -0.1) is 0 Å². The number of rotatable bonds is 4. The van der Waals surface area contributed by atoms with E-state index >= 15 is 0 Å². The topological polar surface area (TPSA) is 49.3 Å². The summed E-state index contributed by atoms with van der Waals surface area (Å²) in [5, 5.41) is 0. The van der Waals surface area contributed by atoms with Crippen LogP contribution in [0.4, 0.5) is 17.2 Å². The standard InChI is InChI=1S/C23H24N4O/c1-4-26(19-10-7-8-16(2)12-19)22-15-24-20(14-25-22)23(28)27-17(3)13-18-9-5-6-11-21(18)27/h5-12,14-15,17H,4,13H2,1-3H3. The molecule has 0 saturated heterocycles. The smallest absolute Gasteiger partial charge is 0.278 e. The molecular weight excluding hydrogens is 348 g/mol. The SMILES string of the molecule is CCN(c1cccc(C)c1)c1cnc(C(=O)N2c3ccccc3CC2C)cn1. The molecule has 0 bridgehead atoms. The number of anilines is 3. The van der Waals surface area contributed by atoms with Gasteiger partial charge in [0.2, 0.25) is 0 Å². The third-order valence-corrected chi connectivity index (χ3v) is 5.19. The first kappa shape index (κ1) is 18.2. The van der Waals surface area contributed by atoms with Crippen molar-refractivity contribution < 1.29 is 4.79 Å². The van der Waals surface area contributed by atoms with Crippen LogP contribution in [0.5, 0.6) is 0 Å². The summed E-state index contributed by atoms with van der Waals surface area (Å²) in [6, 6.07) is 16.4. The van der Waals surface area contributed by atoms with Crippen LogP contribution in [0.3, 0.4) is 0 Å². The van der Waals surface area contributed by atoms with Gasteiger partial charge in [0, 0.05) is 24.0 Å². The van der Waals surface area contributed by atoms with E-state index in [9.17, 15) is 4.79 Å². The summed E-state index contributed by atoms with van der Waals surface area (Å²) in [6.45, 7) is 6.98. The average Bonchev–Trinajstić information content (AvgIpc) is 3.04. The fourth-order valence-corrected chi connectivity index (χ4v) is 3.84.